The van der Waals surface area contributed by atoms with Crippen molar-refractivity contribution < 1.29 is 31.0 Å². The molecule has 31 heavy (non-hydrogen) atoms. The summed E-state index contributed by atoms with van der Waals surface area (Å²) in [6, 6.07) is 5.19. The van der Waals surface area contributed by atoms with Gasteiger partial charge < -0.3 is 19.5 Å². The number of methoxy groups -OCH3 is 1. The summed E-state index contributed by atoms with van der Waals surface area (Å²) in [6.07, 6.45) is 0.653. The van der Waals surface area contributed by atoms with Crippen LogP contribution in [0.2, 0.25) is 5.02 Å². The standard InChI is InChI=1S/C23H23ClFNO5/c1-12(2)19(11-27)26-10-16(23(29)30)22(28)15-8-14(20(31-3)9-18(15)26)7-13-5-4-6-17(24)21(13)25/h4-6,8-10,12,19,27H,7,11H2,1-3H3,(H,29,30)/i3D3,11D2. The molecule has 0 radical (unpaired) electrons. The number of halogens is 2. The third kappa shape index (κ3) is 4.29. The fraction of sp³-hybridized carbons (Fsp3) is 0.304. The van der Waals surface area contributed by atoms with E-state index >= 15 is 0 Å². The Balaban J connectivity index is 2.43. The predicted molar refractivity (Wildman–Crippen MR) is 117 cm³/mol. The van der Waals surface area contributed by atoms with Crippen LogP contribution in [0.4, 0.5) is 4.39 Å². The molecule has 0 bridgehead atoms. The van der Waals surface area contributed by atoms with Crippen LogP contribution in [0.3, 0.4) is 0 Å². The van der Waals surface area contributed by atoms with E-state index in [9.17, 15) is 24.2 Å². The summed E-state index contributed by atoms with van der Waals surface area (Å²) < 4.78 is 59.2. The van der Waals surface area contributed by atoms with Crippen molar-refractivity contribution >= 4 is 28.5 Å². The van der Waals surface area contributed by atoms with E-state index in [2.05, 4.69) is 0 Å². The summed E-state index contributed by atoms with van der Waals surface area (Å²) in [5.41, 5.74) is -1.57. The van der Waals surface area contributed by atoms with Crippen LogP contribution in [0.15, 0.2) is 41.3 Å². The average Bonchev–Trinajstić information content (AvgIpc) is 2.71. The molecule has 164 valence electrons. The summed E-state index contributed by atoms with van der Waals surface area (Å²) in [4.78, 5) is 24.9. The number of hydrogen-bond acceptors (Lipinski definition) is 4. The molecule has 1 atom stereocenters. The van der Waals surface area contributed by atoms with Gasteiger partial charge in [0, 0.05) is 24.1 Å². The first-order valence-corrected chi connectivity index (χ1v) is 9.68. The van der Waals surface area contributed by atoms with Gasteiger partial charge in [-0.2, -0.15) is 0 Å². The molecule has 0 fully saturated rings. The van der Waals surface area contributed by atoms with Crippen LogP contribution in [-0.2, 0) is 6.42 Å². The molecule has 0 amide bonds. The average molecular weight is 453 g/mol. The van der Waals surface area contributed by atoms with Crippen LogP contribution in [0.5, 0.6) is 5.75 Å². The number of aliphatic hydroxyl groups is 1. The van der Waals surface area contributed by atoms with E-state index < -0.39 is 48.3 Å². The second kappa shape index (κ2) is 9.08. The first-order chi connectivity index (χ1) is 16.5. The SMILES string of the molecule is [2H]C([2H])([2H])Oc1cc2c(cc1Cc1cccc(Cl)c1F)c(=O)c(C(=O)O)cn2C(C(C)C)C([2H])([2H])O. The monoisotopic (exact) mass is 452 g/mol. The van der Waals surface area contributed by atoms with Crippen LogP contribution in [0, 0.1) is 11.7 Å². The Hall–Kier alpha value is -2.90. The number of hydrogen-bond donors (Lipinski definition) is 2. The van der Waals surface area contributed by atoms with E-state index in [0.717, 1.165) is 16.8 Å². The highest BCUT2D eigenvalue weighted by Gasteiger charge is 2.23. The normalized spacial score (nSPS) is 15.6. The lowest BCUT2D eigenvalue weighted by atomic mass is 9.98. The number of fused-ring (bicyclic) bond motifs is 1. The zero-order valence-corrected chi connectivity index (χ0v) is 17.4. The second-order valence-corrected chi connectivity index (χ2v) is 7.78. The van der Waals surface area contributed by atoms with Crippen molar-refractivity contribution in [1.29, 1.82) is 0 Å². The summed E-state index contributed by atoms with van der Waals surface area (Å²) in [5, 5.41) is 19.5. The molecule has 1 heterocycles. The molecule has 0 aliphatic heterocycles. The highest BCUT2D eigenvalue weighted by molar-refractivity contribution is 6.30. The molecule has 3 rings (SSSR count). The van der Waals surface area contributed by atoms with Crippen LogP contribution in [-0.4, -0.2) is 34.3 Å². The number of pyridine rings is 1. The highest BCUT2D eigenvalue weighted by Crippen LogP contribution is 2.31. The molecule has 6 nitrogen and oxygen atoms in total. The largest absolute Gasteiger partial charge is 0.496 e. The molecule has 0 aliphatic rings. The van der Waals surface area contributed by atoms with Crippen molar-refractivity contribution in [2.75, 3.05) is 13.6 Å². The molecular formula is C23H23ClFNO5. The minimum atomic E-state index is -2.94. The number of ether oxygens (including phenoxy) is 1. The van der Waals surface area contributed by atoms with Crippen LogP contribution < -0.4 is 10.2 Å². The smallest absolute Gasteiger partial charge is 0.341 e. The molecule has 0 saturated carbocycles. The molecule has 8 heteroatoms. The Bertz CT molecular complexity index is 1380. The number of carboxylic acid groups (broad SMARTS) is 1. The first-order valence-electron chi connectivity index (χ1n) is 11.8. The fourth-order valence-electron chi connectivity index (χ4n) is 3.46. The zero-order valence-electron chi connectivity index (χ0n) is 21.6. The van der Waals surface area contributed by atoms with Gasteiger partial charge >= 0.3 is 5.97 Å². The Labute approximate surface area is 190 Å². The molecule has 1 aromatic heterocycles. The van der Waals surface area contributed by atoms with Gasteiger partial charge in [-0.25, -0.2) is 9.18 Å². The summed E-state index contributed by atoms with van der Waals surface area (Å²) >= 11 is 5.86. The van der Waals surface area contributed by atoms with Gasteiger partial charge in [0.2, 0.25) is 5.43 Å². The maximum Gasteiger partial charge on any atom is 0.341 e. The van der Waals surface area contributed by atoms with Crippen molar-refractivity contribution in [3.8, 4) is 5.75 Å². The maximum absolute atomic E-state index is 14.6. The topological polar surface area (TPSA) is 88.8 Å². The molecule has 1 unspecified atom stereocenters. The van der Waals surface area contributed by atoms with Gasteiger partial charge in [-0.05, 0) is 29.2 Å². The first kappa shape index (κ1) is 16.8. The molecule has 2 aromatic carbocycles. The number of carbonyl (C=O) groups is 1. The second-order valence-electron chi connectivity index (χ2n) is 7.37. The lowest BCUT2D eigenvalue weighted by Crippen LogP contribution is -2.25. The molecule has 0 spiro atoms. The number of benzene rings is 2. The number of rotatable bonds is 7. The van der Waals surface area contributed by atoms with Crippen molar-refractivity contribution in [1.82, 2.24) is 4.57 Å². The van der Waals surface area contributed by atoms with Gasteiger partial charge in [0.1, 0.15) is 17.1 Å². The van der Waals surface area contributed by atoms with E-state index in [-0.39, 0.29) is 39.2 Å². The Morgan fingerprint density at radius 3 is 2.71 bits per heavy atom. The van der Waals surface area contributed by atoms with Crippen LogP contribution >= 0.6 is 11.6 Å². The van der Waals surface area contributed by atoms with Crippen LogP contribution in [0.25, 0.3) is 10.9 Å². The quantitative estimate of drug-likeness (QED) is 0.558. The van der Waals surface area contributed by atoms with Gasteiger partial charge in [-0.3, -0.25) is 4.79 Å². The van der Waals surface area contributed by atoms with Gasteiger partial charge in [-0.15, -0.1) is 0 Å². The number of aromatic nitrogens is 1. The van der Waals surface area contributed by atoms with Gasteiger partial charge in [0.15, 0.2) is 0 Å². The lowest BCUT2D eigenvalue weighted by molar-refractivity contribution is 0.0694. The Morgan fingerprint density at radius 2 is 2.10 bits per heavy atom. The van der Waals surface area contributed by atoms with Crippen molar-refractivity contribution in [3.63, 3.8) is 0 Å². The van der Waals surface area contributed by atoms with E-state index in [0.29, 0.717) is 0 Å². The number of aromatic carboxylic acids is 1. The summed E-state index contributed by atoms with van der Waals surface area (Å²) in [5.74, 6) is -3.20. The van der Waals surface area contributed by atoms with E-state index in [1.165, 1.54) is 24.3 Å². The fourth-order valence-corrected chi connectivity index (χ4v) is 3.65. The maximum atomic E-state index is 14.6. The highest BCUT2D eigenvalue weighted by atomic mass is 35.5. The van der Waals surface area contributed by atoms with Crippen molar-refractivity contribution in [3.05, 3.63) is 74.3 Å². The predicted octanol–water partition coefficient (Wildman–Crippen LogP) is 4.28. The minimum Gasteiger partial charge on any atom is -0.496 e. The van der Waals surface area contributed by atoms with E-state index in [4.69, 9.17) is 23.2 Å². The van der Waals surface area contributed by atoms with Crippen LogP contribution in [0.1, 0.15) is 48.2 Å². The third-order valence-electron chi connectivity index (χ3n) is 5.03. The van der Waals surface area contributed by atoms with Gasteiger partial charge in [0.05, 0.1) is 37.0 Å². The Morgan fingerprint density at radius 1 is 1.35 bits per heavy atom. The number of carboxylic acids is 1. The molecule has 0 saturated heterocycles. The van der Waals surface area contributed by atoms with Crippen molar-refractivity contribution in [2.45, 2.75) is 26.3 Å². The third-order valence-corrected chi connectivity index (χ3v) is 5.32. The lowest BCUT2D eigenvalue weighted by Gasteiger charge is -2.25. The number of nitrogens with zero attached hydrogens (tertiary/aromatic N) is 1. The van der Waals surface area contributed by atoms with E-state index in [1.54, 1.807) is 13.8 Å². The van der Waals surface area contributed by atoms with Gasteiger partial charge in [0.25, 0.3) is 0 Å². The summed E-state index contributed by atoms with van der Waals surface area (Å²) in [6.45, 7) is 0.318. The van der Waals surface area contributed by atoms with Gasteiger partial charge in [-0.1, -0.05) is 37.6 Å². The molecule has 2 N–H and O–H groups in total. The van der Waals surface area contributed by atoms with Crippen molar-refractivity contribution in [2.24, 2.45) is 5.92 Å². The zero-order chi connectivity index (χ0) is 27.2. The molecule has 0 aliphatic carbocycles. The van der Waals surface area contributed by atoms with E-state index in [1.807, 2.05) is 0 Å². The molecule has 3 aromatic rings. The minimum absolute atomic E-state index is 0.0547. The molecular weight excluding hydrogens is 425 g/mol. The summed E-state index contributed by atoms with van der Waals surface area (Å²) in [7, 11) is -2.94. The Kier molecular flexibility index (Phi) is 4.90.